The number of likely N-dealkylation sites (N-methyl/N-ethyl adjacent to an activating group) is 1. The molecule has 2 heterocycles. The zero-order chi connectivity index (χ0) is 9.26. The molecule has 2 rings (SSSR count). The molecule has 0 fully saturated rings. The van der Waals surface area contributed by atoms with E-state index < -0.39 is 6.29 Å². The van der Waals surface area contributed by atoms with Crippen LogP contribution in [-0.4, -0.2) is 42.1 Å². The Morgan fingerprint density at radius 1 is 1.69 bits per heavy atom. The lowest BCUT2D eigenvalue weighted by Gasteiger charge is -2.22. The minimum atomic E-state index is -0.733. The predicted octanol–water partition coefficient (Wildman–Crippen LogP) is 0.343. The standard InChI is InChI=1S/C9H14N2O2/c1-11-4-2-3-7(6-11)8-5-9(12)13-10-8/h3,9,12H,2,4-6H2,1H3. The summed E-state index contributed by atoms with van der Waals surface area (Å²) < 4.78 is 0. The second-order valence-electron chi connectivity index (χ2n) is 3.56. The monoisotopic (exact) mass is 182 g/mol. The molecule has 2 aliphatic heterocycles. The minimum Gasteiger partial charge on any atom is -0.363 e. The molecule has 0 radical (unpaired) electrons. The van der Waals surface area contributed by atoms with Crippen molar-refractivity contribution in [2.45, 2.75) is 19.1 Å². The molecule has 0 aromatic carbocycles. The van der Waals surface area contributed by atoms with Gasteiger partial charge in [0, 0.05) is 13.1 Å². The Balaban J connectivity index is 2.04. The van der Waals surface area contributed by atoms with Gasteiger partial charge in [0.05, 0.1) is 12.1 Å². The van der Waals surface area contributed by atoms with Crippen molar-refractivity contribution in [1.82, 2.24) is 4.90 Å². The van der Waals surface area contributed by atoms with Crippen LogP contribution < -0.4 is 0 Å². The topological polar surface area (TPSA) is 45.1 Å². The van der Waals surface area contributed by atoms with E-state index in [4.69, 9.17) is 9.94 Å². The SMILES string of the molecule is CN1CCC=C(C2=NOC(O)C2)C1. The Morgan fingerprint density at radius 3 is 3.15 bits per heavy atom. The van der Waals surface area contributed by atoms with E-state index in [1.165, 1.54) is 5.57 Å². The van der Waals surface area contributed by atoms with Gasteiger partial charge in [-0.15, -0.1) is 0 Å². The third kappa shape index (κ3) is 1.89. The Labute approximate surface area is 77.5 Å². The average Bonchev–Trinajstić information content (AvgIpc) is 2.52. The van der Waals surface area contributed by atoms with Crippen LogP contribution in [0, 0.1) is 0 Å². The molecule has 0 aromatic heterocycles. The van der Waals surface area contributed by atoms with Crippen LogP contribution in [0.15, 0.2) is 16.8 Å². The highest BCUT2D eigenvalue weighted by atomic mass is 16.7. The largest absolute Gasteiger partial charge is 0.363 e. The zero-order valence-corrected chi connectivity index (χ0v) is 7.73. The van der Waals surface area contributed by atoms with Gasteiger partial charge in [0.25, 0.3) is 0 Å². The summed E-state index contributed by atoms with van der Waals surface area (Å²) in [5.74, 6) is 0. The number of nitrogens with zero attached hydrogens (tertiary/aromatic N) is 2. The molecule has 0 saturated carbocycles. The molecular weight excluding hydrogens is 168 g/mol. The summed E-state index contributed by atoms with van der Waals surface area (Å²) in [6.07, 6.45) is 3.03. The fourth-order valence-corrected chi connectivity index (χ4v) is 1.66. The van der Waals surface area contributed by atoms with Crippen molar-refractivity contribution in [2.75, 3.05) is 20.1 Å². The van der Waals surface area contributed by atoms with Crippen LogP contribution in [0.1, 0.15) is 12.8 Å². The number of oxime groups is 1. The minimum absolute atomic E-state index is 0.527. The van der Waals surface area contributed by atoms with Crippen molar-refractivity contribution in [2.24, 2.45) is 5.16 Å². The fourth-order valence-electron chi connectivity index (χ4n) is 1.66. The van der Waals surface area contributed by atoms with Gasteiger partial charge in [-0.3, -0.25) is 0 Å². The molecule has 0 aliphatic carbocycles. The van der Waals surface area contributed by atoms with Gasteiger partial charge in [-0.2, -0.15) is 0 Å². The molecule has 1 unspecified atom stereocenters. The number of hydrogen-bond donors (Lipinski definition) is 1. The van der Waals surface area contributed by atoms with Gasteiger partial charge in [-0.1, -0.05) is 11.2 Å². The van der Waals surface area contributed by atoms with E-state index in [0.717, 1.165) is 25.2 Å². The Morgan fingerprint density at radius 2 is 2.54 bits per heavy atom. The second-order valence-corrected chi connectivity index (χ2v) is 3.56. The van der Waals surface area contributed by atoms with E-state index in [2.05, 4.69) is 23.2 Å². The van der Waals surface area contributed by atoms with Gasteiger partial charge in [0.15, 0.2) is 0 Å². The van der Waals surface area contributed by atoms with Crippen LogP contribution >= 0.6 is 0 Å². The van der Waals surface area contributed by atoms with Crippen LogP contribution in [0.2, 0.25) is 0 Å². The summed E-state index contributed by atoms with van der Waals surface area (Å²) in [4.78, 5) is 6.98. The molecule has 2 aliphatic rings. The molecule has 13 heavy (non-hydrogen) atoms. The van der Waals surface area contributed by atoms with Crippen molar-refractivity contribution in [1.29, 1.82) is 0 Å². The summed E-state index contributed by atoms with van der Waals surface area (Å²) in [5.41, 5.74) is 2.10. The molecule has 72 valence electrons. The molecule has 0 bridgehead atoms. The molecule has 0 amide bonds. The molecule has 0 spiro atoms. The Bertz CT molecular complexity index is 260. The fraction of sp³-hybridized carbons (Fsp3) is 0.667. The van der Waals surface area contributed by atoms with Crippen LogP contribution in [0.4, 0.5) is 0 Å². The molecule has 0 saturated heterocycles. The lowest BCUT2D eigenvalue weighted by molar-refractivity contribution is -0.0762. The summed E-state index contributed by atoms with van der Waals surface area (Å²) in [6, 6.07) is 0. The van der Waals surface area contributed by atoms with E-state index in [0.29, 0.717) is 6.42 Å². The second kappa shape index (κ2) is 3.47. The van der Waals surface area contributed by atoms with E-state index >= 15 is 0 Å². The van der Waals surface area contributed by atoms with Crippen LogP contribution in [0.3, 0.4) is 0 Å². The maximum Gasteiger partial charge on any atom is 0.230 e. The normalized spacial score (nSPS) is 29.5. The third-order valence-corrected chi connectivity index (χ3v) is 2.37. The van der Waals surface area contributed by atoms with Crippen molar-refractivity contribution in [3.63, 3.8) is 0 Å². The lowest BCUT2D eigenvalue weighted by Crippen LogP contribution is -2.28. The summed E-state index contributed by atoms with van der Waals surface area (Å²) in [5, 5.41) is 13.0. The number of hydrogen-bond acceptors (Lipinski definition) is 4. The maximum absolute atomic E-state index is 9.12. The first-order valence-corrected chi connectivity index (χ1v) is 4.54. The smallest absolute Gasteiger partial charge is 0.230 e. The highest BCUT2D eigenvalue weighted by Crippen LogP contribution is 2.17. The van der Waals surface area contributed by atoms with Gasteiger partial charge in [0.1, 0.15) is 0 Å². The third-order valence-electron chi connectivity index (χ3n) is 2.37. The van der Waals surface area contributed by atoms with Gasteiger partial charge in [-0.05, 0) is 19.0 Å². The van der Waals surface area contributed by atoms with E-state index in [1.54, 1.807) is 0 Å². The number of aliphatic hydroxyl groups is 1. The Hall–Kier alpha value is -0.870. The first kappa shape index (κ1) is 8.72. The van der Waals surface area contributed by atoms with E-state index in [1.807, 2.05) is 0 Å². The van der Waals surface area contributed by atoms with Gasteiger partial charge >= 0.3 is 0 Å². The summed E-state index contributed by atoms with van der Waals surface area (Å²) in [6.45, 7) is 2.01. The average molecular weight is 182 g/mol. The maximum atomic E-state index is 9.12. The first-order valence-electron chi connectivity index (χ1n) is 4.54. The van der Waals surface area contributed by atoms with Crippen molar-refractivity contribution in [3.05, 3.63) is 11.6 Å². The molecular formula is C9H14N2O2. The molecule has 1 N–H and O–H groups in total. The number of rotatable bonds is 1. The molecule has 4 heteroatoms. The van der Waals surface area contributed by atoms with Crippen molar-refractivity contribution >= 4 is 5.71 Å². The molecule has 1 atom stereocenters. The highest BCUT2D eigenvalue weighted by Gasteiger charge is 2.22. The summed E-state index contributed by atoms with van der Waals surface area (Å²) >= 11 is 0. The van der Waals surface area contributed by atoms with Crippen molar-refractivity contribution < 1.29 is 9.94 Å². The van der Waals surface area contributed by atoms with Crippen LogP contribution in [0.25, 0.3) is 0 Å². The quantitative estimate of drug-likeness (QED) is 0.636. The number of aliphatic hydroxyl groups excluding tert-OH is 1. The highest BCUT2D eigenvalue weighted by molar-refractivity contribution is 6.01. The zero-order valence-electron chi connectivity index (χ0n) is 7.73. The van der Waals surface area contributed by atoms with Gasteiger partial charge in [0.2, 0.25) is 6.29 Å². The van der Waals surface area contributed by atoms with Crippen molar-refractivity contribution in [3.8, 4) is 0 Å². The first-order chi connectivity index (χ1) is 6.25. The summed E-state index contributed by atoms with van der Waals surface area (Å²) in [7, 11) is 2.08. The predicted molar refractivity (Wildman–Crippen MR) is 49.3 cm³/mol. The van der Waals surface area contributed by atoms with E-state index in [9.17, 15) is 0 Å². The lowest BCUT2D eigenvalue weighted by atomic mass is 10.0. The van der Waals surface area contributed by atoms with E-state index in [-0.39, 0.29) is 0 Å². The van der Waals surface area contributed by atoms with Crippen LogP contribution in [0.5, 0.6) is 0 Å². The van der Waals surface area contributed by atoms with Gasteiger partial charge in [-0.25, -0.2) is 0 Å². The van der Waals surface area contributed by atoms with Gasteiger partial charge < -0.3 is 14.8 Å². The molecule has 4 nitrogen and oxygen atoms in total. The Kier molecular flexibility index (Phi) is 2.33. The van der Waals surface area contributed by atoms with Crippen LogP contribution in [-0.2, 0) is 4.84 Å². The molecule has 0 aromatic rings.